The van der Waals surface area contributed by atoms with Crippen LogP contribution >= 0.6 is 11.6 Å². The van der Waals surface area contributed by atoms with Gasteiger partial charge in [-0.3, -0.25) is 0 Å². The van der Waals surface area contributed by atoms with Crippen molar-refractivity contribution in [3.8, 4) is 5.75 Å². The van der Waals surface area contributed by atoms with Crippen LogP contribution in [0.5, 0.6) is 5.75 Å². The fraction of sp³-hybridized carbons (Fsp3) is 0.600. The number of hydrogen-bond acceptors (Lipinski definition) is 7. The van der Waals surface area contributed by atoms with E-state index >= 15 is 0 Å². The monoisotopic (exact) mass is 502 g/mol. The minimum Gasteiger partial charge on any atom is -0.482 e. The summed E-state index contributed by atoms with van der Waals surface area (Å²) < 4.78 is 30.3. The molecule has 8 nitrogen and oxygen atoms in total. The second kappa shape index (κ2) is 8.15. The molecule has 35 heavy (non-hydrogen) atoms. The van der Waals surface area contributed by atoms with E-state index in [0.717, 1.165) is 22.3 Å². The summed E-state index contributed by atoms with van der Waals surface area (Å²) >= 11 is 6.48. The van der Waals surface area contributed by atoms with E-state index in [-0.39, 0.29) is 12.2 Å². The van der Waals surface area contributed by atoms with Crippen LogP contribution in [0.1, 0.15) is 77.2 Å². The molecule has 2 aromatic rings. The number of aromatic nitrogens is 1. The summed E-state index contributed by atoms with van der Waals surface area (Å²) in [5.41, 5.74) is 1.91. The number of rotatable bonds is 2. The van der Waals surface area contributed by atoms with Gasteiger partial charge in [0.25, 0.3) is 0 Å². The number of nitrogens with zero attached hydrogens (tertiary/aromatic N) is 2. The molecule has 0 radical (unpaired) electrons. The van der Waals surface area contributed by atoms with Crippen molar-refractivity contribution in [2.45, 2.75) is 90.8 Å². The highest BCUT2D eigenvalue weighted by molar-refractivity contribution is 6.63. The Morgan fingerprint density at radius 1 is 1.20 bits per heavy atom. The molecule has 0 N–H and O–H groups in total. The van der Waals surface area contributed by atoms with Gasteiger partial charge in [-0.05, 0) is 66.2 Å². The molecule has 1 atom stereocenters. The van der Waals surface area contributed by atoms with Crippen molar-refractivity contribution >= 4 is 30.3 Å². The smallest absolute Gasteiger partial charge is 0.482 e. The number of carbonyl (C=O) groups is 1. The zero-order valence-electron chi connectivity index (χ0n) is 21.4. The number of ether oxygens (including phenoxy) is 2. The van der Waals surface area contributed by atoms with Gasteiger partial charge in [0.05, 0.1) is 23.4 Å². The first-order chi connectivity index (χ1) is 16.2. The number of carbonyl (C=O) groups excluding carboxylic acids is 1. The van der Waals surface area contributed by atoms with Crippen LogP contribution in [0.25, 0.3) is 0 Å². The second-order valence-electron chi connectivity index (χ2n) is 11.5. The van der Waals surface area contributed by atoms with Gasteiger partial charge in [-0.1, -0.05) is 16.8 Å². The first-order valence-corrected chi connectivity index (χ1v) is 12.4. The molecule has 0 aliphatic carbocycles. The van der Waals surface area contributed by atoms with Gasteiger partial charge in [-0.2, -0.15) is 0 Å². The standard InChI is InChI=1S/C25H32BClN2O6/c1-23(2,3)32-22(30)29-9-8-18-16(13-29)21(33-28-18)19-11-14-10-15(27)12-17(20(14)31-19)26-34-24(4,5)25(6,7)35-26/h10,12,19H,8-9,11,13H2,1-7H3/t19-/m1/s1. The Kier molecular flexibility index (Phi) is 5.70. The summed E-state index contributed by atoms with van der Waals surface area (Å²) in [6, 6.07) is 3.74. The molecule has 10 heteroatoms. The van der Waals surface area contributed by atoms with Crippen LogP contribution in [0.2, 0.25) is 5.02 Å². The Morgan fingerprint density at radius 2 is 1.89 bits per heavy atom. The molecule has 1 amide bonds. The van der Waals surface area contributed by atoms with Gasteiger partial charge in [0.1, 0.15) is 11.4 Å². The van der Waals surface area contributed by atoms with Crippen molar-refractivity contribution < 1.29 is 28.1 Å². The van der Waals surface area contributed by atoms with Gasteiger partial charge in [0.15, 0.2) is 11.9 Å². The number of amides is 1. The van der Waals surface area contributed by atoms with E-state index in [2.05, 4.69) is 5.16 Å². The predicted molar refractivity (Wildman–Crippen MR) is 131 cm³/mol. The van der Waals surface area contributed by atoms with Crippen LogP contribution in [-0.2, 0) is 33.4 Å². The first kappa shape index (κ1) is 24.5. The highest BCUT2D eigenvalue weighted by Gasteiger charge is 2.53. The summed E-state index contributed by atoms with van der Waals surface area (Å²) in [6.07, 6.45) is 0.430. The molecule has 0 bridgehead atoms. The Labute approximate surface area is 211 Å². The SMILES string of the molecule is CC(C)(C)OC(=O)N1CCc2noc([C@H]3Cc4cc(Cl)cc(B5OC(C)(C)C(C)(C)O5)c4O3)c2C1. The number of fused-ring (bicyclic) bond motifs is 2. The van der Waals surface area contributed by atoms with Crippen molar-refractivity contribution in [1.82, 2.24) is 10.1 Å². The maximum Gasteiger partial charge on any atom is 0.498 e. The van der Waals surface area contributed by atoms with Gasteiger partial charge in [-0.15, -0.1) is 0 Å². The van der Waals surface area contributed by atoms with E-state index < -0.39 is 23.9 Å². The lowest BCUT2D eigenvalue weighted by Gasteiger charge is -2.32. The average Bonchev–Trinajstić information content (AvgIpc) is 3.39. The average molecular weight is 503 g/mol. The van der Waals surface area contributed by atoms with Crippen molar-refractivity contribution in [2.24, 2.45) is 0 Å². The molecule has 3 aliphatic heterocycles. The van der Waals surface area contributed by atoms with Gasteiger partial charge in [-0.25, -0.2) is 4.79 Å². The molecule has 1 fully saturated rings. The van der Waals surface area contributed by atoms with Crippen LogP contribution in [0, 0.1) is 0 Å². The van der Waals surface area contributed by atoms with Gasteiger partial charge < -0.3 is 28.2 Å². The molecule has 1 aromatic carbocycles. The fourth-order valence-corrected chi connectivity index (χ4v) is 4.86. The molecule has 1 aromatic heterocycles. The molecule has 1 saturated heterocycles. The third kappa shape index (κ3) is 4.43. The maximum atomic E-state index is 12.7. The quantitative estimate of drug-likeness (QED) is 0.555. The predicted octanol–water partition coefficient (Wildman–Crippen LogP) is 4.60. The van der Waals surface area contributed by atoms with E-state index in [0.29, 0.717) is 42.5 Å². The summed E-state index contributed by atoms with van der Waals surface area (Å²) in [5, 5.41) is 4.87. The zero-order valence-corrected chi connectivity index (χ0v) is 22.1. The van der Waals surface area contributed by atoms with Crippen LogP contribution in [0.15, 0.2) is 16.7 Å². The molecule has 0 saturated carbocycles. The summed E-state index contributed by atoms with van der Waals surface area (Å²) in [7, 11) is -0.600. The summed E-state index contributed by atoms with van der Waals surface area (Å²) in [6.45, 7) is 14.5. The van der Waals surface area contributed by atoms with Crippen molar-refractivity contribution in [2.75, 3.05) is 6.54 Å². The lowest BCUT2D eigenvalue weighted by atomic mass is 9.77. The maximum absolute atomic E-state index is 12.7. The Balaban J connectivity index is 1.40. The van der Waals surface area contributed by atoms with Crippen molar-refractivity contribution in [1.29, 1.82) is 0 Å². The van der Waals surface area contributed by atoms with Crippen molar-refractivity contribution in [3.05, 3.63) is 39.7 Å². The molecule has 5 rings (SSSR count). The van der Waals surface area contributed by atoms with Gasteiger partial charge in [0, 0.05) is 35.4 Å². The molecule has 188 valence electrons. The molecular weight excluding hydrogens is 471 g/mol. The minimum absolute atomic E-state index is 0.347. The van der Waals surface area contributed by atoms with Gasteiger partial charge >= 0.3 is 13.2 Å². The summed E-state index contributed by atoms with van der Waals surface area (Å²) in [4.78, 5) is 14.4. The Hall–Kier alpha value is -2.23. The van der Waals surface area contributed by atoms with Crippen LogP contribution in [0.3, 0.4) is 0 Å². The van der Waals surface area contributed by atoms with E-state index in [9.17, 15) is 4.79 Å². The molecule has 0 unspecified atom stereocenters. The Bertz CT molecular complexity index is 1160. The third-order valence-corrected chi connectivity index (χ3v) is 7.36. The highest BCUT2D eigenvalue weighted by Crippen LogP contribution is 2.42. The first-order valence-electron chi connectivity index (χ1n) is 12.0. The minimum atomic E-state index is -0.600. The van der Waals surface area contributed by atoms with E-state index in [4.69, 9.17) is 34.9 Å². The number of halogens is 1. The molecule has 4 heterocycles. The lowest BCUT2D eigenvalue weighted by Crippen LogP contribution is -2.41. The summed E-state index contributed by atoms with van der Waals surface area (Å²) in [5.74, 6) is 1.32. The largest absolute Gasteiger partial charge is 0.498 e. The second-order valence-corrected chi connectivity index (χ2v) is 11.9. The third-order valence-electron chi connectivity index (χ3n) is 7.14. The van der Waals surface area contributed by atoms with Crippen LogP contribution < -0.4 is 10.2 Å². The van der Waals surface area contributed by atoms with E-state index in [1.807, 2.05) is 60.6 Å². The molecular formula is C25H32BClN2O6. The topological polar surface area (TPSA) is 83.3 Å². The van der Waals surface area contributed by atoms with Crippen LogP contribution in [0.4, 0.5) is 4.79 Å². The zero-order chi connectivity index (χ0) is 25.3. The molecule has 3 aliphatic rings. The van der Waals surface area contributed by atoms with E-state index in [1.54, 1.807) is 4.90 Å². The number of benzene rings is 1. The van der Waals surface area contributed by atoms with Gasteiger partial charge in [0.2, 0.25) is 0 Å². The lowest BCUT2D eigenvalue weighted by molar-refractivity contribution is 0.00578. The number of hydrogen-bond donors (Lipinski definition) is 0. The fourth-order valence-electron chi connectivity index (χ4n) is 4.61. The highest BCUT2D eigenvalue weighted by atomic mass is 35.5. The normalized spacial score (nSPS) is 22.6. The van der Waals surface area contributed by atoms with E-state index in [1.165, 1.54) is 0 Å². The van der Waals surface area contributed by atoms with Crippen LogP contribution in [-0.4, -0.2) is 46.6 Å². The Morgan fingerprint density at radius 3 is 2.54 bits per heavy atom. The molecule has 0 spiro atoms. The van der Waals surface area contributed by atoms with Crippen molar-refractivity contribution in [3.63, 3.8) is 0 Å².